The van der Waals surface area contributed by atoms with Crippen LogP contribution < -0.4 is 10.2 Å². The number of nitrogens with one attached hydrogen (secondary N) is 1. The second-order valence-electron chi connectivity index (χ2n) is 5.20. The molecule has 7 nitrogen and oxygen atoms in total. The first-order chi connectivity index (χ1) is 11.1. The van der Waals surface area contributed by atoms with Gasteiger partial charge in [0.05, 0.1) is 5.69 Å². The van der Waals surface area contributed by atoms with E-state index in [-0.39, 0.29) is 5.91 Å². The number of benzene rings is 2. The molecule has 0 fully saturated rings. The normalized spacial score (nSPS) is 10.3. The van der Waals surface area contributed by atoms with Crippen LogP contribution in [0.15, 0.2) is 54.9 Å². The SMILES string of the molecule is CN(C)c1cccc(C(=O)Nc2cccc(-n3cnnn3)c2)c1. The highest BCUT2D eigenvalue weighted by molar-refractivity contribution is 6.04. The predicted octanol–water partition coefficient (Wildman–Crippen LogP) is 1.98. The van der Waals surface area contributed by atoms with E-state index in [9.17, 15) is 4.79 Å². The van der Waals surface area contributed by atoms with E-state index < -0.39 is 0 Å². The molecule has 0 bridgehead atoms. The third kappa shape index (κ3) is 3.34. The molecule has 0 atom stereocenters. The van der Waals surface area contributed by atoms with E-state index in [4.69, 9.17) is 0 Å². The topological polar surface area (TPSA) is 75.9 Å². The van der Waals surface area contributed by atoms with Crippen molar-refractivity contribution >= 4 is 17.3 Å². The van der Waals surface area contributed by atoms with Crippen molar-refractivity contribution in [2.45, 2.75) is 0 Å². The fraction of sp³-hybridized carbons (Fsp3) is 0.125. The zero-order valence-electron chi connectivity index (χ0n) is 12.8. The van der Waals surface area contributed by atoms with Crippen molar-refractivity contribution in [1.82, 2.24) is 20.2 Å². The number of rotatable bonds is 4. The second kappa shape index (κ2) is 6.27. The quantitative estimate of drug-likeness (QED) is 0.797. The van der Waals surface area contributed by atoms with Gasteiger partial charge < -0.3 is 10.2 Å². The number of anilines is 2. The lowest BCUT2D eigenvalue weighted by Crippen LogP contribution is -2.14. The van der Waals surface area contributed by atoms with Crippen LogP contribution in [-0.4, -0.2) is 40.2 Å². The summed E-state index contributed by atoms with van der Waals surface area (Å²) in [5, 5.41) is 13.9. The molecule has 0 unspecified atom stereocenters. The van der Waals surface area contributed by atoms with Crippen molar-refractivity contribution < 1.29 is 4.79 Å². The summed E-state index contributed by atoms with van der Waals surface area (Å²) in [6.07, 6.45) is 1.50. The Morgan fingerprint density at radius 1 is 1.13 bits per heavy atom. The summed E-state index contributed by atoms with van der Waals surface area (Å²) in [7, 11) is 3.87. The predicted molar refractivity (Wildman–Crippen MR) is 87.9 cm³/mol. The molecular formula is C16H16N6O. The molecule has 7 heteroatoms. The van der Waals surface area contributed by atoms with Gasteiger partial charge >= 0.3 is 0 Å². The molecule has 116 valence electrons. The van der Waals surface area contributed by atoms with Crippen LogP contribution in [0.4, 0.5) is 11.4 Å². The van der Waals surface area contributed by atoms with E-state index in [1.165, 1.54) is 11.0 Å². The van der Waals surface area contributed by atoms with E-state index in [1.54, 1.807) is 6.07 Å². The van der Waals surface area contributed by atoms with Crippen LogP contribution >= 0.6 is 0 Å². The van der Waals surface area contributed by atoms with Gasteiger partial charge in [-0.05, 0) is 46.8 Å². The van der Waals surface area contributed by atoms with Crippen molar-refractivity contribution in [2.75, 3.05) is 24.3 Å². The third-order valence-electron chi connectivity index (χ3n) is 3.34. The van der Waals surface area contributed by atoms with Gasteiger partial charge in [-0.3, -0.25) is 4.79 Å². The minimum absolute atomic E-state index is 0.164. The van der Waals surface area contributed by atoms with Crippen molar-refractivity contribution in [2.24, 2.45) is 0 Å². The molecule has 23 heavy (non-hydrogen) atoms. The molecule has 3 rings (SSSR count). The number of amides is 1. The molecule has 0 aliphatic rings. The standard InChI is InChI=1S/C16H16N6O/c1-21(2)14-7-3-5-12(9-14)16(23)18-13-6-4-8-15(10-13)22-11-17-19-20-22/h3-11H,1-2H3,(H,18,23). The maximum Gasteiger partial charge on any atom is 0.255 e. The molecule has 1 aromatic heterocycles. The van der Waals surface area contributed by atoms with Crippen LogP contribution in [0.2, 0.25) is 0 Å². The summed E-state index contributed by atoms with van der Waals surface area (Å²) in [4.78, 5) is 14.4. The Morgan fingerprint density at radius 3 is 2.70 bits per heavy atom. The zero-order chi connectivity index (χ0) is 16.2. The number of carbonyl (C=O) groups is 1. The number of hydrogen-bond donors (Lipinski definition) is 1. The zero-order valence-corrected chi connectivity index (χ0v) is 12.8. The lowest BCUT2D eigenvalue weighted by atomic mass is 10.1. The Bertz CT molecular complexity index is 813. The van der Waals surface area contributed by atoms with Crippen molar-refractivity contribution in [3.05, 3.63) is 60.4 Å². The molecule has 0 saturated heterocycles. The monoisotopic (exact) mass is 308 g/mol. The fourth-order valence-electron chi connectivity index (χ4n) is 2.13. The molecule has 0 saturated carbocycles. The average Bonchev–Trinajstić information content (AvgIpc) is 3.10. The Kier molecular flexibility index (Phi) is 4.01. The summed E-state index contributed by atoms with van der Waals surface area (Å²) in [6.45, 7) is 0. The number of hydrogen-bond acceptors (Lipinski definition) is 5. The summed E-state index contributed by atoms with van der Waals surface area (Å²) >= 11 is 0. The molecule has 2 aromatic carbocycles. The lowest BCUT2D eigenvalue weighted by molar-refractivity contribution is 0.102. The van der Waals surface area contributed by atoms with Crippen molar-refractivity contribution in [3.8, 4) is 5.69 Å². The maximum absolute atomic E-state index is 12.4. The van der Waals surface area contributed by atoms with Gasteiger partial charge in [-0.1, -0.05) is 12.1 Å². The number of aromatic nitrogens is 4. The summed E-state index contributed by atoms with van der Waals surface area (Å²) in [5.41, 5.74) is 3.03. The van der Waals surface area contributed by atoms with Crippen LogP contribution in [-0.2, 0) is 0 Å². The average molecular weight is 308 g/mol. The van der Waals surface area contributed by atoms with Gasteiger partial charge in [0.2, 0.25) is 0 Å². The summed E-state index contributed by atoms with van der Waals surface area (Å²) in [5.74, 6) is -0.164. The molecule has 0 aliphatic carbocycles. The first kappa shape index (κ1) is 14.7. The van der Waals surface area contributed by atoms with Gasteiger partial charge in [-0.2, -0.15) is 0 Å². The van der Waals surface area contributed by atoms with Crippen LogP contribution in [0.1, 0.15) is 10.4 Å². The molecule has 1 heterocycles. The van der Waals surface area contributed by atoms with Gasteiger partial charge in [-0.15, -0.1) is 5.10 Å². The van der Waals surface area contributed by atoms with Crippen LogP contribution in [0, 0.1) is 0 Å². The summed E-state index contributed by atoms with van der Waals surface area (Å²) in [6, 6.07) is 14.8. The highest BCUT2D eigenvalue weighted by Gasteiger charge is 2.08. The number of carbonyl (C=O) groups excluding carboxylic acids is 1. The Balaban J connectivity index is 1.80. The van der Waals surface area contributed by atoms with Crippen LogP contribution in [0.5, 0.6) is 0 Å². The van der Waals surface area contributed by atoms with E-state index in [0.29, 0.717) is 11.3 Å². The first-order valence-corrected chi connectivity index (χ1v) is 7.05. The summed E-state index contributed by atoms with van der Waals surface area (Å²) < 4.78 is 1.53. The van der Waals surface area contributed by atoms with Gasteiger partial charge in [0.1, 0.15) is 6.33 Å². The first-order valence-electron chi connectivity index (χ1n) is 7.05. The molecule has 3 aromatic rings. The Hall–Kier alpha value is -3.22. The van der Waals surface area contributed by atoms with E-state index in [2.05, 4.69) is 20.8 Å². The number of tetrazole rings is 1. The van der Waals surface area contributed by atoms with Gasteiger partial charge in [0.15, 0.2) is 0 Å². The van der Waals surface area contributed by atoms with E-state index >= 15 is 0 Å². The molecule has 0 radical (unpaired) electrons. The molecule has 0 aliphatic heterocycles. The lowest BCUT2D eigenvalue weighted by Gasteiger charge is -2.13. The second-order valence-corrected chi connectivity index (χ2v) is 5.20. The maximum atomic E-state index is 12.4. The van der Waals surface area contributed by atoms with Crippen LogP contribution in [0.3, 0.4) is 0 Å². The third-order valence-corrected chi connectivity index (χ3v) is 3.34. The smallest absolute Gasteiger partial charge is 0.255 e. The van der Waals surface area contributed by atoms with Gasteiger partial charge in [-0.25, -0.2) is 4.68 Å². The fourth-order valence-corrected chi connectivity index (χ4v) is 2.13. The van der Waals surface area contributed by atoms with E-state index in [0.717, 1.165) is 11.4 Å². The van der Waals surface area contributed by atoms with Gasteiger partial charge in [0.25, 0.3) is 5.91 Å². The minimum atomic E-state index is -0.164. The minimum Gasteiger partial charge on any atom is -0.378 e. The van der Waals surface area contributed by atoms with E-state index in [1.807, 2.05) is 61.5 Å². The molecule has 1 amide bonds. The Labute approximate surface area is 133 Å². The largest absolute Gasteiger partial charge is 0.378 e. The van der Waals surface area contributed by atoms with Crippen molar-refractivity contribution in [3.63, 3.8) is 0 Å². The molecule has 1 N–H and O–H groups in total. The van der Waals surface area contributed by atoms with Crippen molar-refractivity contribution in [1.29, 1.82) is 0 Å². The van der Waals surface area contributed by atoms with Gasteiger partial charge in [0, 0.05) is 31.0 Å². The highest BCUT2D eigenvalue weighted by atomic mass is 16.1. The van der Waals surface area contributed by atoms with Crippen LogP contribution in [0.25, 0.3) is 5.69 Å². The Morgan fingerprint density at radius 2 is 1.96 bits per heavy atom. The number of nitrogens with zero attached hydrogens (tertiary/aromatic N) is 5. The molecule has 0 spiro atoms. The molecular weight excluding hydrogens is 292 g/mol. The highest BCUT2D eigenvalue weighted by Crippen LogP contribution is 2.17.